The minimum atomic E-state index is -1.05. The van der Waals surface area contributed by atoms with Crippen molar-refractivity contribution in [3.63, 3.8) is 0 Å². The largest absolute Gasteiger partial charge is 0.478 e. The first-order valence-electron chi connectivity index (χ1n) is 8.57. The Balaban J connectivity index is 1.85. The number of aryl methyl sites for hydroxylation is 1. The van der Waals surface area contributed by atoms with Gasteiger partial charge in [-0.25, -0.2) is 19.6 Å². The van der Waals surface area contributed by atoms with Crippen LogP contribution >= 0.6 is 11.6 Å². The lowest BCUT2D eigenvalue weighted by atomic mass is 10.2. The number of nitrogens with one attached hydrogen (secondary N) is 1. The summed E-state index contributed by atoms with van der Waals surface area (Å²) >= 11 is 6.38. The highest BCUT2D eigenvalue weighted by molar-refractivity contribution is 6.31. The molecule has 0 unspecified atom stereocenters. The van der Waals surface area contributed by atoms with Crippen molar-refractivity contribution >= 4 is 40.5 Å². The van der Waals surface area contributed by atoms with Crippen molar-refractivity contribution in [2.45, 2.75) is 33.4 Å². The number of hydrogen-bond donors (Lipinski definition) is 2. The molecule has 9 heteroatoms. The van der Waals surface area contributed by atoms with E-state index < -0.39 is 12.1 Å². The van der Waals surface area contributed by atoms with Crippen LogP contribution in [0.1, 0.15) is 35.6 Å². The third-order valence-electron chi connectivity index (χ3n) is 3.99. The zero-order valence-corrected chi connectivity index (χ0v) is 16.3. The summed E-state index contributed by atoms with van der Waals surface area (Å²) in [6.07, 6.45) is 0.534. The van der Waals surface area contributed by atoms with Crippen molar-refractivity contribution in [1.29, 1.82) is 0 Å². The summed E-state index contributed by atoms with van der Waals surface area (Å²) in [7, 11) is 0. The van der Waals surface area contributed by atoms with E-state index in [0.717, 1.165) is 5.56 Å². The number of aromatic nitrogens is 3. The number of benzene rings is 1. The van der Waals surface area contributed by atoms with Crippen molar-refractivity contribution < 1.29 is 19.4 Å². The van der Waals surface area contributed by atoms with Crippen molar-refractivity contribution in [1.82, 2.24) is 14.5 Å². The number of hydrogen-bond acceptors (Lipinski definition) is 5. The van der Waals surface area contributed by atoms with Gasteiger partial charge in [0.2, 0.25) is 0 Å². The molecule has 0 fully saturated rings. The molecular weight excluding hydrogens is 384 g/mol. The first-order valence-corrected chi connectivity index (χ1v) is 8.94. The predicted octanol–water partition coefficient (Wildman–Crippen LogP) is 4.10. The van der Waals surface area contributed by atoms with Gasteiger partial charge in [0.25, 0.3) is 0 Å². The fourth-order valence-corrected chi connectivity index (χ4v) is 2.96. The van der Waals surface area contributed by atoms with Crippen LogP contribution in [0, 0.1) is 6.92 Å². The molecular formula is C19H19ClN4O4. The van der Waals surface area contributed by atoms with E-state index in [0.29, 0.717) is 34.2 Å². The van der Waals surface area contributed by atoms with E-state index in [9.17, 15) is 9.59 Å². The lowest BCUT2D eigenvalue weighted by molar-refractivity contribution is 0.0696. The van der Waals surface area contributed by atoms with Crippen LogP contribution in [0.4, 0.5) is 10.5 Å². The summed E-state index contributed by atoms with van der Waals surface area (Å²) in [6, 6.07) is 6.66. The maximum Gasteiger partial charge on any atom is 0.411 e. The first kappa shape index (κ1) is 19.6. The Morgan fingerprint density at radius 3 is 2.71 bits per heavy atom. The van der Waals surface area contributed by atoms with Crippen molar-refractivity contribution in [3.8, 4) is 0 Å². The highest BCUT2D eigenvalue weighted by atomic mass is 35.5. The Labute approximate surface area is 166 Å². The third kappa shape index (κ3) is 4.23. The molecule has 1 aromatic carbocycles. The van der Waals surface area contributed by atoms with E-state index in [1.54, 1.807) is 32.0 Å². The topological polar surface area (TPSA) is 106 Å². The molecule has 0 bridgehead atoms. The molecule has 8 nitrogen and oxygen atoms in total. The van der Waals surface area contributed by atoms with Crippen LogP contribution < -0.4 is 5.32 Å². The van der Waals surface area contributed by atoms with Crippen molar-refractivity contribution in [3.05, 3.63) is 52.4 Å². The summed E-state index contributed by atoms with van der Waals surface area (Å²) < 4.78 is 6.89. The lowest BCUT2D eigenvalue weighted by Crippen LogP contribution is -2.18. The van der Waals surface area contributed by atoms with Gasteiger partial charge in [-0.1, -0.05) is 17.7 Å². The Morgan fingerprint density at radius 2 is 2.07 bits per heavy atom. The normalized spacial score (nSPS) is 11.0. The third-order valence-corrected chi connectivity index (χ3v) is 4.35. The minimum Gasteiger partial charge on any atom is -0.478 e. The zero-order chi connectivity index (χ0) is 20.4. The SMILES string of the molecule is Cc1nc2cc(C(=O)O)cnc2n1Cc1ccc(NC(=O)OC(C)C)cc1Cl. The summed E-state index contributed by atoms with van der Waals surface area (Å²) in [5.41, 5.74) is 2.48. The molecule has 0 aliphatic carbocycles. The fourth-order valence-electron chi connectivity index (χ4n) is 2.72. The monoisotopic (exact) mass is 402 g/mol. The van der Waals surface area contributed by atoms with Crippen LogP contribution in [-0.2, 0) is 11.3 Å². The smallest absolute Gasteiger partial charge is 0.411 e. The molecule has 0 saturated carbocycles. The van der Waals surface area contributed by atoms with E-state index in [-0.39, 0.29) is 11.7 Å². The van der Waals surface area contributed by atoms with Crippen LogP contribution in [0.5, 0.6) is 0 Å². The van der Waals surface area contributed by atoms with E-state index in [4.69, 9.17) is 21.4 Å². The number of carboxylic acid groups (broad SMARTS) is 1. The number of halogens is 1. The maximum absolute atomic E-state index is 11.7. The minimum absolute atomic E-state index is 0.0823. The molecule has 1 amide bonds. The Kier molecular flexibility index (Phi) is 5.51. The van der Waals surface area contributed by atoms with Gasteiger partial charge < -0.3 is 14.4 Å². The Hall–Kier alpha value is -3.13. The van der Waals surface area contributed by atoms with Gasteiger partial charge in [0.15, 0.2) is 5.65 Å². The quantitative estimate of drug-likeness (QED) is 0.665. The number of nitrogens with zero attached hydrogens (tertiary/aromatic N) is 3. The highest BCUT2D eigenvalue weighted by Crippen LogP contribution is 2.24. The summed E-state index contributed by atoms with van der Waals surface area (Å²) in [5.74, 6) is -0.368. The molecule has 3 rings (SSSR count). The first-order chi connectivity index (χ1) is 13.2. The number of carbonyl (C=O) groups excluding carboxylic acids is 1. The molecule has 2 heterocycles. The zero-order valence-electron chi connectivity index (χ0n) is 15.6. The molecule has 146 valence electrons. The number of ether oxygens (including phenoxy) is 1. The molecule has 2 aromatic heterocycles. The van der Waals surface area contributed by atoms with Gasteiger partial charge in [0.05, 0.1) is 18.2 Å². The number of aromatic carboxylic acids is 1. The van der Waals surface area contributed by atoms with Gasteiger partial charge in [0.1, 0.15) is 11.3 Å². The van der Waals surface area contributed by atoms with Crippen molar-refractivity contribution in [2.24, 2.45) is 0 Å². The molecule has 3 aromatic rings. The van der Waals surface area contributed by atoms with E-state index >= 15 is 0 Å². The Morgan fingerprint density at radius 1 is 1.32 bits per heavy atom. The second-order valence-electron chi connectivity index (χ2n) is 6.50. The molecule has 2 N–H and O–H groups in total. The fraction of sp³-hybridized carbons (Fsp3) is 0.263. The molecule has 28 heavy (non-hydrogen) atoms. The number of carbonyl (C=O) groups is 2. The molecule has 0 atom stereocenters. The molecule has 0 radical (unpaired) electrons. The molecule has 0 aliphatic heterocycles. The van der Waals surface area contributed by atoms with Gasteiger partial charge in [-0.3, -0.25) is 5.32 Å². The van der Waals surface area contributed by atoms with E-state index in [1.807, 2.05) is 11.5 Å². The highest BCUT2D eigenvalue weighted by Gasteiger charge is 2.14. The second-order valence-corrected chi connectivity index (χ2v) is 6.91. The summed E-state index contributed by atoms with van der Waals surface area (Å²) in [6.45, 7) is 5.74. The lowest BCUT2D eigenvalue weighted by Gasteiger charge is -2.12. The van der Waals surface area contributed by atoms with E-state index in [1.165, 1.54) is 12.3 Å². The van der Waals surface area contributed by atoms with Crippen LogP contribution in [0.2, 0.25) is 5.02 Å². The summed E-state index contributed by atoms with van der Waals surface area (Å²) in [5, 5.41) is 12.2. The average molecular weight is 403 g/mol. The van der Waals surface area contributed by atoms with E-state index in [2.05, 4.69) is 15.3 Å². The van der Waals surface area contributed by atoms with Gasteiger partial charge >= 0.3 is 12.1 Å². The molecule has 0 saturated heterocycles. The maximum atomic E-state index is 11.7. The number of carboxylic acids is 1. The van der Waals surface area contributed by atoms with Crippen LogP contribution in [0.25, 0.3) is 11.2 Å². The number of imidazole rings is 1. The van der Waals surface area contributed by atoms with Crippen molar-refractivity contribution in [2.75, 3.05) is 5.32 Å². The van der Waals surface area contributed by atoms with Crippen LogP contribution in [0.15, 0.2) is 30.5 Å². The number of rotatable bonds is 5. The van der Waals surface area contributed by atoms with Crippen LogP contribution in [0.3, 0.4) is 0 Å². The van der Waals surface area contributed by atoms with Gasteiger partial charge in [-0.15, -0.1) is 0 Å². The van der Waals surface area contributed by atoms with Gasteiger partial charge in [0, 0.05) is 16.9 Å². The Bertz CT molecular complexity index is 1060. The van der Waals surface area contributed by atoms with Gasteiger partial charge in [-0.2, -0.15) is 0 Å². The second kappa shape index (κ2) is 7.85. The number of fused-ring (bicyclic) bond motifs is 1. The summed E-state index contributed by atoms with van der Waals surface area (Å²) in [4.78, 5) is 31.4. The standard InChI is InChI=1S/C19H19ClN4O4/c1-10(2)28-19(27)23-14-5-4-12(15(20)7-14)9-24-11(3)22-16-6-13(18(25)26)8-21-17(16)24/h4-8,10H,9H2,1-3H3,(H,23,27)(H,25,26). The molecule has 0 spiro atoms. The number of pyridine rings is 1. The number of anilines is 1. The number of amides is 1. The predicted molar refractivity (Wildman–Crippen MR) is 105 cm³/mol. The van der Waals surface area contributed by atoms with Crippen LogP contribution in [-0.4, -0.2) is 37.8 Å². The van der Waals surface area contributed by atoms with Gasteiger partial charge in [-0.05, 0) is 44.5 Å². The average Bonchev–Trinajstić information content (AvgIpc) is 2.91. The molecule has 0 aliphatic rings.